The van der Waals surface area contributed by atoms with Crippen LogP contribution in [0.5, 0.6) is 0 Å². The zero-order chi connectivity index (χ0) is 19.6. The van der Waals surface area contributed by atoms with Crippen molar-refractivity contribution in [3.63, 3.8) is 0 Å². The average Bonchev–Trinajstić information content (AvgIpc) is 2.60. The van der Waals surface area contributed by atoms with Gasteiger partial charge in [0.05, 0.1) is 22.3 Å². The number of rotatable bonds is 5. The molecule has 0 atom stereocenters. The Bertz CT molecular complexity index is 1060. The van der Waals surface area contributed by atoms with Crippen molar-refractivity contribution in [2.24, 2.45) is 0 Å². The number of fused-ring (bicyclic) bond motifs is 1. The molecule has 0 radical (unpaired) electrons. The van der Waals surface area contributed by atoms with Gasteiger partial charge in [-0.25, -0.2) is 4.98 Å². The van der Waals surface area contributed by atoms with Crippen LogP contribution in [0.25, 0.3) is 16.6 Å². The third kappa shape index (κ3) is 4.22. The van der Waals surface area contributed by atoms with E-state index in [9.17, 15) is 9.59 Å². The molecule has 1 aromatic heterocycles. The SMILES string of the molecule is Cc1ccc(-n2c(SCC(=O)NC(C)C)nc3ccccc3c2=O)c(C)c1. The molecule has 0 unspecified atom stereocenters. The number of hydrogen-bond donors (Lipinski definition) is 1. The maximum atomic E-state index is 13.2. The summed E-state index contributed by atoms with van der Waals surface area (Å²) in [5.41, 5.74) is 3.41. The van der Waals surface area contributed by atoms with Gasteiger partial charge in [0.2, 0.25) is 5.91 Å². The molecule has 0 aliphatic carbocycles. The van der Waals surface area contributed by atoms with Gasteiger partial charge >= 0.3 is 0 Å². The van der Waals surface area contributed by atoms with Gasteiger partial charge < -0.3 is 5.32 Å². The van der Waals surface area contributed by atoms with E-state index < -0.39 is 0 Å². The van der Waals surface area contributed by atoms with E-state index in [-0.39, 0.29) is 23.3 Å². The minimum Gasteiger partial charge on any atom is -0.353 e. The van der Waals surface area contributed by atoms with E-state index >= 15 is 0 Å². The van der Waals surface area contributed by atoms with Gasteiger partial charge in [0, 0.05) is 6.04 Å². The molecular formula is C21H23N3O2S. The van der Waals surface area contributed by atoms with E-state index in [1.165, 1.54) is 11.8 Å². The maximum Gasteiger partial charge on any atom is 0.266 e. The molecule has 5 nitrogen and oxygen atoms in total. The van der Waals surface area contributed by atoms with Crippen molar-refractivity contribution in [3.05, 3.63) is 63.9 Å². The summed E-state index contributed by atoms with van der Waals surface area (Å²) in [6.07, 6.45) is 0. The van der Waals surface area contributed by atoms with Gasteiger partial charge in [0.15, 0.2) is 5.16 Å². The predicted molar refractivity (Wildman–Crippen MR) is 111 cm³/mol. The van der Waals surface area contributed by atoms with E-state index in [0.717, 1.165) is 16.8 Å². The molecule has 1 heterocycles. The van der Waals surface area contributed by atoms with Crippen molar-refractivity contribution in [1.82, 2.24) is 14.9 Å². The zero-order valence-corrected chi connectivity index (χ0v) is 16.8. The van der Waals surface area contributed by atoms with E-state index in [1.54, 1.807) is 10.6 Å². The van der Waals surface area contributed by atoms with Gasteiger partial charge in [-0.1, -0.05) is 41.6 Å². The average molecular weight is 382 g/mol. The molecule has 0 fully saturated rings. The second-order valence-corrected chi connectivity index (χ2v) is 7.80. The molecule has 0 aliphatic rings. The zero-order valence-electron chi connectivity index (χ0n) is 15.9. The predicted octanol–water partition coefficient (Wildman–Crippen LogP) is 3.62. The molecule has 1 N–H and O–H groups in total. The first-order valence-electron chi connectivity index (χ1n) is 8.88. The first kappa shape index (κ1) is 19.2. The Hall–Kier alpha value is -2.60. The van der Waals surface area contributed by atoms with Gasteiger partial charge in [-0.15, -0.1) is 0 Å². The summed E-state index contributed by atoms with van der Waals surface area (Å²) in [4.78, 5) is 30.0. The number of nitrogens with zero attached hydrogens (tertiary/aromatic N) is 2. The highest BCUT2D eigenvalue weighted by atomic mass is 32.2. The first-order chi connectivity index (χ1) is 12.9. The number of para-hydroxylation sites is 1. The monoisotopic (exact) mass is 381 g/mol. The Labute approximate surface area is 162 Å². The lowest BCUT2D eigenvalue weighted by molar-refractivity contribution is -0.119. The Morgan fingerprint density at radius 2 is 1.93 bits per heavy atom. The lowest BCUT2D eigenvalue weighted by Crippen LogP contribution is -2.32. The summed E-state index contributed by atoms with van der Waals surface area (Å²) in [5, 5.41) is 3.95. The molecule has 27 heavy (non-hydrogen) atoms. The summed E-state index contributed by atoms with van der Waals surface area (Å²) >= 11 is 1.27. The summed E-state index contributed by atoms with van der Waals surface area (Å²) in [6, 6.07) is 13.3. The highest BCUT2D eigenvalue weighted by molar-refractivity contribution is 7.99. The van der Waals surface area contributed by atoms with Crippen LogP contribution in [0.1, 0.15) is 25.0 Å². The van der Waals surface area contributed by atoms with Crippen LogP contribution >= 0.6 is 11.8 Å². The fourth-order valence-electron chi connectivity index (χ4n) is 2.97. The minimum atomic E-state index is -0.126. The van der Waals surface area contributed by atoms with Crippen molar-refractivity contribution >= 4 is 28.6 Å². The second-order valence-electron chi connectivity index (χ2n) is 6.85. The highest BCUT2D eigenvalue weighted by Crippen LogP contribution is 2.23. The molecule has 0 bridgehead atoms. The van der Waals surface area contributed by atoms with E-state index in [4.69, 9.17) is 0 Å². The van der Waals surface area contributed by atoms with Crippen LogP contribution in [0.4, 0.5) is 0 Å². The number of nitrogens with one attached hydrogen (secondary N) is 1. The Balaban J connectivity index is 2.13. The van der Waals surface area contributed by atoms with Gasteiger partial charge in [-0.2, -0.15) is 0 Å². The lowest BCUT2D eigenvalue weighted by Gasteiger charge is -2.16. The van der Waals surface area contributed by atoms with Crippen LogP contribution in [0.15, 0.2) is 52.4 Å². The van der Waals surface area contributed by atoms with Crippen LogP contribution < -0.4 is 10.9 Å². The summed E-state index contributed by atoms with van der Waals surface area (Å²) in [7, 11) is 0. The second kappa shape index (κ2) is 7.96. The normalized spacial score (nSPS) is 11.1. The number of hydrogen-bond acceptors (Lipinski definition) is 4. The Kier molecular flexibility index (Phi) is 5.65. The first-order valence-corrected chi connectivity index (χ1v) is 9.87. The van der Waals surface area contributed by atoms with E-state index in [0.29, 0.717) is 16.1 Å². The van der Waals surface area contributed by atoms with Gasteiger partial charge in [0.1, 0.15) is 0 Å². The largest absolute Gasteiger partial charge is 0.353 e. The van der Waals surface area contributed by atoms with Crippen LogP contribution in [0.2, 0.25) is 0 Å². The molecule has 1 amide bonds. The van der Waals surface area contributed by atoms with Gasteiger partial charge in [-0.05, 0) is 51.5 Å². The minimum absolute atomic E-state index is 0.0733. The van der Waals surface area contributed by atoms with Gasteiger partial charge in [0.25, 0.3) is 5.56 Å². The Morgan fingerprint density at radius 3 is 2.63 bits per heavy atom. The third-order valence-electron chi connectivity index (χ3n) is 4.12. The van der Waals surface area contributed by atoms with Crippen molar-refractivity contribution in [2.45, 2.75) is 38.9 Å². The number of benzene rings is 2. The molecule has 140 valence electrons. The quantitative estimate of drug-likeness (QED) is 0.542. The smallest absolute Gasteiger partial charge is 0.266 e. The van der Waals surface area contributed by atoms with Crippen LogP contribution in [-0.4, -0.2) is 27.3 Å². The van der Waals surface area contributed by atoms with E-state index in [1.807, 2.05) is 64.1 Å². The molecule has 0 saturated heterocycles. The van der Waals surface area contributed by atoms with Crippen molar-refractivity contribution in [1.29, 1.82) is 0 Å². The fourth-order valence-corrected chi connectivity index (χ4v) is 3.79. The summed E-state index contributed by atoms with van der Waals surface area (Å²) in [6.45, 7) is 7.83. The number of carbonyl (C=O) groups excluding carboxylic acids is 1. The molecule has 0 spiro atoms. The third-order valence-corrected chi connectivity index (χ3v) is 5.06. The van der Waals surface area contributed by atoms with Crippen molar-refractivity contribution in [3.8, 4) is 5.69 Å². The maximum absolute atomic E-state index is 13.2. The molecule has 2 aromatic carbocycles. The number of aromatic nitrogens is 2. The number of thioether (sulfide) groups is 1. The van der Waals surface area contributed by atoms with E-state index in [2.05, 4.69) is 10.3 Å². The number of aryl methyl sites for hydroxylation is 2. The molecule has 0 aliphatic heterocycles. The molecule has 6 heteroatoms. The topological polar surface area (TPSA) is 64.0 Å². The molecule has 0 saturated carbocycles. The Morgan fingerprint density at radius 1 is 1.19 bits per heavy atom. The highest BCUT2D eigenvalue weighted by Gasteiger charge is 2.16. The van der Waals surface area contributed by atoms with Gasteiger partial charge in [-0.3, -0.25) is 14.2 Å². The summed E-state index contributed by atoms with van der Waals surface area (Å²) in [5.74, 6) is 0.123. The van der Waals surface area contributed by atoms with Crippen LogP contribution in [0.3, 0.4) is 0 Å². The molecule has 3 rings (SSSR count). The van der Waals surface area contributed by atoms with Crippen molar-refractivity contribution < 1.29 is 4.79 Å². The lowest BCUT2D eigenvalue weighted by atomic mass is 10.1. The molecular weight excluding hydrogens is 358 g/mol. The number of amides is 1. The van der Waals surface area contributed by atoms with Crippen LogP contribution in [0, 0.1) is 13.8 Å². The fraction of sp³-hybridized carbons (Fsp3) is 0.286. The standard InChI is InChI=1S/C21H23N3O2S/c1-13(2)22-19(25)12-27-21-23-17-8-6-5-7-16(17)20(26)24(21)18-10-9-14(3)11-15(18)4/h5-11,13H,12H2,1-4H3,(H,22,25). The molecule has 3 aromatic rings. The van der Waals surface area contributed by atoms with Crippen LogP contribution in [-0.2, 0) is 4.79 Å². The summed E-state index contributed by atoms with van der Waals surface area (Å²) < 4.78 is 1.62. The number of carbonyl (C=O) groups is 1. The van der Waals surface area contributed by atoms with Crippen molar-refractivity contribution in [2.75, 3.05) is 5.75 Å².